The zero-order chi connectivity index (χ0) is 15.0. The standard InChI is InChI=1S/C16H24BrNO2/c1-12(2)20-15-8-6-7-14(11-15)13(3)18-16(19)9-4-5-10-17/h6-8,11-13H,4-5,9-10H2,1-3H3,(H,18,19). The fourth-order valence-corrected chi connectivity index (χ4v) is 2.30. The molecule has 1 unspecified atom stereocenters. The minimum Gasteiger partial charge on any atom is -0.491 e. The first-order chi connectivity index (χ1) is 9.52. The Bertz CT molecular complexity index is 421. The van der Waals surface area contributed by atoms with Gasteiger partial charge in [-0.15, -0.1) is 0 Å². The highest BCUT2D eigenvalue weighted by Gasteiger charge is 2.10. The molecular formula is C16H24BrNO2. The maximum atomic E-state index is 11.8. The van der Waals surface area contributed by atoms with Crippen molar-refractivity contribution in [2.45, 2.75) is 52.2 Å². The second-order valence-corrected chi connectivity index (χ2v) is 5.97. The van der Waals surface area contributed by atoms with Crippen molar-refractivity contribution in [3.8, 4) is 5.75 Å². The number of nitrogens with one attached hydrogen (secondary N) is 1. The van der Waals surface area contributed by atoms with Gasteiger partial charge in [0.1, 0.15) is 5.75 Å². The normalized spacial score (nSPS) is 12.2. The number of ether oxygens (including phenoxy) is 1. The summed E-state index contributed by atoms with van der Waals surface area (Å²) < 4.78 is 5.67. The van der Waals surface area contributed by atoms with Crippen LogP contribution in [0.4, 0.5) is 0 Å². The lowest BCUT2D eigenvalue weighted by molar-refractivity contribution is -0.121. The number of benzene rings is 1. The molecule has 20 heavy (non-hydrogen) atoms. The van der Waals surface area contributed by atoms with E-state index >= 15 is 0 Å². The second-order valence-electron chi connectivity index (χ2n) is 5.17. The third-order valence-electron chi connectivity index (χ3n) is 2.89. The SMILES string of the molecule is CC(C)Oc1cccc(C(C)NC(=O)CCCCBr)c1. The third-order valence-corrected chi connectivity index (χ3v) is 3.46. The van der Waals surface area contributed by atoms with Crippen LogP contribution in [0.2, 0.25) is 0 Å². The molecule has 1 amide bonds. The van der Waals surface area contributed by atoms with Crippen LogP contribution in [-0.2, 0) is 4.79 Å². The van der Waals surface area contributed by atoms with E-state index in [0.29, 0.717) is 6.42 Å². The van der Waals surface area contributed by atoms with Gasteiger partial charge in [0.15, 0.2) is 0 Å². The lowest BCUT2D eigenvalue weighted by atomic mass is 10.1. The fraction of sp³-hybridized carbons (Fsp3) is 0.562. The topological polar surface area (TPSA) is 38.3 Å². The van der Waals surface area contributed by atoms with Gasteiger partial charge in [0.25, 0.3) is 0 Å². The van der Waals surface area contributed by atoms with Crippen molar-refractivity contribution in [3.05, 3.63) is 29.8 Å². The number of hydrogen-bond acceptors (Lipinski definition) is 2. The number of halogens is 1. The number of alkyl halides is 1. The summed E-state index contributed by atoms with van der Waals surface area (Å²) in [7, 11) is 0. The van der Waals surface area contributed by atoms with Gasteiger partial charge in [0.2, 0.25) is 5.91 Å². The Balaban J connectivity index is 2.54. The van der Waals surface area contributed by atoms with E-state index in [1.54, 1.807) is 0 Å². The molecule has 0 saturated carbocycles. The maximum absolute atomic E-state index is 11.8. The lowest BCUT2D eigenvalue weighted by Gasteiger charge is -2.16. The molecule has 1 aromatic rings. The summed E-state index contributed by atoms with van der Waals surface area (Å²) in [5.74, 6) is 0.950. The third kappa shape index (κ3) is 6.42. The average molecular weight is 342 g/mol. The van der Waals surface area contributed by atoms with Gasteiger partial charge in [-0.05, 0) is 51.3 Å². The first kappa shape index (κ1) is 17.0. The molecule has 0 radical (unpaired) electrons. The molecule has 1 atom stereocenters. The highest BCUT2D eigenvalue weighted by atomic mass is 79.9. The molecule has 0 aromatic heterocycles. The van der Waals surface area contributed by atoms with Gasteiger partial charge in [-0.2, -0.15) is 0 Å². The fourth-order valence-electron chi connectivity index (χ4n) is 1.91. The first-order valence-electron chi connectivity index (χ1n) is 7.15. The Kier molecular flexibility index (Phi) is 7.67. The van der Waals surface area contributed by atoms with Gasteiger partial charge in [0, 0.05) is 11.8 Å². The van der Waals surface area contributed by atoms with Crippen molar-refractivity contribution in [1.29, 1.82) is 0 Å². The second kappa shape index (κ2) is 9.01. The minimum atomic E-state index is 0.00202. The van der Waals surface area contributed by atoms with Crippen LogP contribution in [0, 0.1) is 0 Å². The van der Waals surface area contributed by atoms with Gasteiger partial charge in [-0.1, -0.05) is 28.1 Å². The van der Waals surface area contributed by atoms with Gasteiger partial charge in [-0.3, -0.25) is 4.79 Å². The molecule has 0 bridgehead atoms. The van der Waals surface area contributed by atoms with Crippen LogP contribution in [-0.4, -0.2) is 17.3 Å². The van der Waals surface area contributed by atoms with Crippen LogP contribution in [0.15, 0.2) is 24.3 Å². The molecule has 3 nitrogen and oxygen atoms in total. The van der Waals surface area contributed by atoms with Gasteiger partial charge < -0.3 is 10.1 Å². The van der Waals surface area contributed by atoms with Gasteiger partial charge in [-0.25, -0.2) is 0 Å². The molecule has 1 N–H and O–H groups in total. The molecule has 1 rings (SSSR count). The Hall–Kier alpha value is -1.03. The van der Waals surface area contributed by atoms with Crippen molar-refractivity contribution < 1.29 is 9.53 Å². The number of rotatable bonds is 8. The van der Waals surface area contributed by atoms with Crippen molar-refractivity contribution in [3.63, 3.8) is 0 Å². The molecule has 0 aliphatic rings. The van der Waals surface area contributed by atoms with Crippen molar-refractivity contribution in [2.75, 3.05) is 5.33 Å². The Morgan fingerprint density at radius 3 is 2.70 bits per heavy atom. The number of carbonyl (C=O) groups is 1. The molecule has 112 valence electrons. The molecule has 0 spiro atoms. The molecule has 4 heteroatoms. The Labute approximate surface area is 130 Å². The molecule has 0 heterocycles. The summed E-state index contributed by atoms with van der Waals surface area (Å²) in [4.78, 5) is 11.8. The van der Waals surface area contributed by atoms with E-state index in [4.69, 9.17) is 4.74 Å². The van der Waals surface area contributed by atoms with E-state index < -0.39 is 0 Å². The average Bonchev–Trinajstić information content (AvgIpc) is 2.38. The summed E-state index contributed by atoms with van der Waals surface area (Å²) in [5.41, 5.74) is 1.07. The summed E-state index contributed by atoms with van der Waals surface area (Å²) in [6.07, 6.45) is 2.68. The van der Waals surface area contributed by atoms with E-state index in [2.05, 4.69) is 21.2 Å². The number of hydrogen-bond donors (Lipinski definition) is 1. The molecule has 0 aliphatic carbocycles. The van der Waals surface area contributed by atoms with Crippen molar-refractivity contribution in [2.24, 2.45) is 0 Å². The van der Waals surface area contributed by atoms with Crippen LogP contribution in [0.25, 0.3) is 0 Å². The number of carbonyl (C=O) groups excluding carboxylic acids is 1. The first-order valence-corrected chi connectivity index (χ1v) is 8.27. The van der Waals surface area contributed by atoms with E-state index in [1.807, 2.05) is 45.0 Å². The minimum absolute atomic E-state index is 0.00202. The van der Waals surface area contributed by atoms with Gasteiger partial charge >= 0.3 is 0 Å². The van der Waals surface area contributed by atoms with Crippen LogP contribution in [0.3, 0.4) is 0 Å². The maximum Gasteiger partial charge on any atom is 0.220 e. The molecule has 0 saturated heterocycles. The highest BCUT2D eigenvalue weighted by Crippen LogP contribution is 2.20. The van der Waals surface area contributed by atoms with Gasteiger partial charge in [0.05, 0.1) is 12.1 Å². The Morgan fingerprint density at radius 1 is 1.30 bits per heavy atom. The zero-order valence-electron chi connectivity index (χ0n) is 12.5. The van der Waals surface area contributed by atoms with Crippen molar-refractivity contribution in [1.82, 2.24) is 5.32 Å². The lowest BCUT2D eigenvalue weighted by Crippen LogP contribution is -2.26. The quantitative estimate of drug-likeness (QED) is 0.568. The predicted octanol–water partition coefficient (Wildman–Crippen LogP) is 4.22. The van der Waals surface area contributed by atoms with E-state index in [9.17, 15) is 4.79 Å². The highest BCUT2D eigenvalue weighted by molar-refractivity contribution is 9.09. The van der Waals surface area contributed by atoms with Crippen molar-refractivity contribution >= 4 is 21.8 Å². The predicted molar refractivity (Wildman–Crippen MR) is 86.4 cm³/mol. The number of unbranched alkanes of at least 4 members (excludes halogenated alkanes) is 1. The summed E-state index contributed by atoms with van der Waals surface area (Å²) in [6.45, 7) is 6.00. The van der Waals surface area contributed by atoms with Crippen LogP contribution < -0.4 is 10.1 Å². The van der Waals surface area contributed by atoms with E-state index in [1.165, 1.54) is 0 Å². The van der Waals surface area contributed by atoms with Crippen LogP contribution in [0.5, 0.6) is 5.75 Å². The van der Waals surface area contributed by atoms with E-state index in [-0.39, 0.29) is 18.1 Å². The molecule has 0 aliphatic heterocycles. The summed E-state index contributed by atoms with van der Waals surface area (Å²) in [5, 5.41) is 3.97. The largest absolute Gasteiger partial charge is 0.491 e. The van der Waals surface area contributed by atoms with Crippen LogP contribution >= 0.6 is 15.9 Å². The van der Waals surface area contributed by atoms with E-state index in [0.717, 1.165) is 29.5 Å². The molecule has 0 fully saturated rings. The summed E-state index contributed by atoms with van der Waals surface area (Å²) in [6, 6.07) is 7.90. The van der Waals surface area contributed by atoms with Crippen LogP contribution in [0.1, 0.15) is 51.6 Å². The smallest absolute Gasteiger partial charge is 0.220 e. The molecular weight excluding hydrogens is 318 g/mol. The number of amides is 1. The molecule has 1 aromatic carbocycles. The Morgan fingerprint density at radius 2 is 2.05 bits per heavy atom. The monoisotopic (exact) mass is 341 g/mol. The zero-order valence-corrected chi connectivity index (χ0v) is 14.1. The summed E-state index contributed by atoms with van der Waals surface area (Å²) >= 11 is 3.37.